The molecule has 26 heavy (non-hydrogen) atoms. The van der Waals surface area contributed by atoms with Crippen LogP contribution in [0.2, 0.25) is 0 Å². The van der Waals surface area contributed by atoms with E-state index >= 15 is 0 Å². The number of imide groups is 1. The second kappa shape index (κ2) is 7.83. The summed E-state index contributed by atoms with van der Waals surface area (Å²) in [6.45, 7) is 0.338. The normalized spacial score (nSPS) is 12.1. The van der Waals surface area contributed by atoms with Crippen LogP contribution < -0.4 is 20.1 Å². The number of ether oxygens (including phenoxy) is 2. The summed E-state index contributed by atoms with van der Waals surface area (Å²) in [5.41, 5.74) is 0.951. The van der Waals surface area contributed by atoms with E-state index < -0.39 is 11.9 Å². The lowest BCUT2D eigenvalue weighted by molar-refractivity contribution is -0.120. The lowest BCUT2D eigenvalue weighted by atomic mass is 10.2. The Morgan fingerprint density at radius 3 is 2.73 bits per heavy atom. The van der Waals surface area contributed by atoms with Crippen LogP contribution in [-0.2, 0) is 11.3 Å². The van der Waals surface area contributed by atoms with Crippen molar-refractivity contribution in [2.75, 3.05) is 25.7 Å². The first-order valence-corrected chi connectivity index (χ1v) is 7.93. The Kier molecular flexibility index (Phi) is 5.33. The van der Waals surface area contributed by atoms with Crippen LogP contribution in [0.4, 0.5) is 14.9 Å². The molecule has 0 unspecified atom stereocenters. The summed E-state index contributed by atoms with van der Waals surface area (Å²) in [6.07, 6.45) is 0. The number of hydrogen-bond acceptors (Lipinski definition) is 5. The molecule has 2 aromatic rings. The van der Waals surface area contributed by atoms with E-state index in [0.717, 1.165) is 0 Å². The SMILES string of the molecule is CN(CC(=O)NC(=O)Nc1ccc2c(c1)OCO2)Cc1ccccc1F. The van der Waals surface area contributed by atoms with Gasteiger partial charge in [0.15, 0.2) is 11.5 Å². The quantitative estimate of drug-likeness (QED) is 0.857. The van der Waals surface area contributed by atoms with Gasteiger partial charge in [-0.25, -0.2) is 9.18 Å². The molecule has 7 nitrogen and oxygen atoms in total. The van der Waals surface area contributed by atoms with Gasteiger partial charge in [0.25, 0.3) is 0 Å². The highest BCUT2D eigenvalue weighted by atomic mass is 19.1. The number of anilines is 1. The van der Waals surface area contributed by atoms with Crippen LogP contribution in [0.25, 0.3) is 0 Å². The maximum absolute atomic E-state index is 13.6. The summed E-state index contributed by atoms with van der Waals surface area (Å²) in [6, 6.07) is 10.6. The number of carbonyl (C=O) groups is 2. The van der Waals surface area contributed by atoms with Gasteiger partial charge >= 0.3 is 6.03 Å². The Bertz CT molecular complexity index is 828. The Hall–Kier alpha value is -3.13. The lowest BCUT2D eigenvalue weighted by Gasteiger charge is -2.16. The van der Waals surface area contributed by atoms with Crippen molar-refractivity contribution in [2.45, 2.75) is 6.54 Å². The number of nitrogens with zero attached hydrogens (tertiary/aromatic N) is 1. The number of halogens is 1. The smallest absolute Gasteiger partial charge is 0.325 e. The maximum atomic E-state index is 13.6. The number of likely N-dealkylation sites (N-methyl/N-ethyl adjacent to an activating group) is 1. The number of nitrogens with one attached hydrogen (secondary N) is 2. The summed E-state index contributed by atoms with van der Waals surface area (Å²) >= 11 is 0. The molecule has 0 aliphatic carbocycles. The largest absolute Gasteiger partial charge is 0.454 e. The lowest BCUT2D eigenvalue weighted by Crippen LogP contribution is -2.40. The van der Waals surface area contributed by atoms with Gasteiger partial charge in [-0.2, -0.15) is 0 Å². The van der Waals surface area contributed by atoms with Crippen molar-refractivity contribution in [3.05, 3.63) is 53.8 Å². The number of hydrogen-bond donors (Lipinski definition) is 2. The molecule has 0 bridgehead atoms. The third-order valence-corrected chi connectivity index (χ3v) is 3.70. The summed E-state index contributed by atoms with van der Waals surface area (Å²) < 4.78 is 24.0. The second-order valence-corrected chi connectivity index (χ2v) is 5.83. The molecule has 0 spiro atoms. The van der Waals surface area contributed by atoms with Crippen molar-refractivity contribution in [1.29, 1.82) is 0 Å². The Morgan fingerprint density at radius 1 is 1.15 bits per heavy atom. The summed E-state index contributed by atoms with van der Waals surface area (Å²) in [7, 11) is 1.67. The molecule has 1 aliphatic rings. The number of rotatable bonds is 5. The number of fused-ring (bicyclic) bond motifs is 1. The molecule has 2 aromatic carbocycles. The van der Waals surface area contributed by atoms with Gasteiger partial charge in [0.1, 0.15) is 5.82 Å². The molecule has 136 valence electrons. The molecule has 8 heteroatoms. The highest BCUT2D eigenvalue weighted by Crippen LogP contribution is 2.34. The van der Waals surface area contributed by atoms with Gasteiger partial charge in [0.2, 0.25) is 12.7 Å². The molecule has 0 fully saturated rings. The third-order valence-electron chi connectivity index (χ3n) is 3.70. The molecule has 2 N–H and O–H groups in total. The van der Waals surface area contributed by atoms with Gasteiger partial charge in [-0.15, -0.1) is 0 Å². The van der Waals surface area contributed by atoms with E-state index in [2.05, 4.69) is 10.6 Å². The molecule has 0 atom stereocenters. The van der Waals surface area contributed by atoms with E-state index in [1.807, 2.05) is 0 Å². The van der Waals surface area contributed by atoms with Gasteiger partial charge in [0.05, 0.1) is 6.54 Å². The molecule has 0 saturated carbocycles. The molecule has 0 saturated heterocycles. The van der Waals surface area contributed by atoms with E-state index in [0.29, 0.717) is 22.7 Å². The highest BCUT2D eigenvalue weighted by Gasteiger charge is 2.16. The van der Waals surface area contributed by atoms with Crippen LogP contribution in [0, 0.1) is 5.82 Å². The van der Waals surface area contributed by atoms with E-state index in [1.165, 1.54) is 6.07 Å². The van der Waals surface area contributed by atoms with Gasteiger partial charge in [-0.05, 0) is 25.2 Å². The molecular weight excluding hydrogens is 341 g/mol. The fraction of sp³-hybridized carbons (Fsp3) is 0.222. The minimum Gasteiger partial charge on any atom is -0.454 e. The topological polar surface area (TPSA) is 79.9 Å². The van der Waals surface area contributed by atoms with Gasteiger partial charge in [-0.1, -0.05) is 18.2 Å². The van der Waals surface area contributed by atoms with Crippen LogP contribution in [-0.4, -0.2) is 37.2 Å². The maximum Gasteiger partial charge on any atom is 0.325 e. The van der Waals surface area contributed by atoms with Crippen molar-refractivity contribution in [1.82, 2.24) is 10.2 Å². The van der Waals surface area contributed by atoms with Crippen molar-refractivity contribution in [3.8, 4) is 11.5 Å². The Morgan fingerprint density at radius 2 is 1.92 bits per heavy atom. The van der Waals surface area contributed by atoms with E-state index in [-0.39, 0.29) is 25.7 Å². The molecule has 0 aromatic heterocycles. The summed E-state index contributed by atoms with van der Waals surface area (Å²) in [5.74, 6) is 0.294. The van der Waals surface area contributed by atoms with E-state index in [1.54, 1.807) is 48.3 Å². The first kappa shape index (κ1) is 17.7. The predicted octanol–water partition coefficient (Wildman–Crippen LogP) is 2.33. The Balaban J connectivity index is 1.48. The van der Waals surface area contributed by atoms with Crippen LogP contribution in [0.3, 0.4) is 0 Å². The van der Waals surface area contributed by atoms with Crippen LogP contribution in [0.5, 0.6) is 11.5 Å². The minimum absolute atomic E-state index is 0.0527. The average molecular weight is 359 g/mol. The van der Waals surface area contributed by atoms with Crippen molar-refractivity contribution < 1.29 is 23.5 Å². The van der Waals surface area contributed by atoms with E-state index in [4.69, 9.17) is 9.47 Å². The second-order valence-electron chi connectivity index (χ2n) is 5.83. The molecule has 3 amide bonds. The zero-order valence-electron chi connectivity index (χ0n) is 14.1. The van der Waals surface area contributed by atoms with Crippen LogP contribution in [0.15, 0.2) is 42.5 Å². The summed E-state index contributed by atoms with van der Waals surface area (Å²) in [4.78, 5) is 25.5. The van der Waals surface area contributed by atoms with Gasteiger partial charge in [0, 0.05) is 23.9 Å². The summed E-state index contributed by atoms with van der Waals surface area (Å²) in [5, 5.41) is 4.78. The minimum atomic E-state index is -0.659. The van der Waals surface area contributed by atoms with Crippen molar-refractivity contribution in [3.63, 3.8) is 0 Å². The molecule has 0 radical (unpaired) electrons. The Labute approximate surface area is 149 Å². The molecular formula is C18H18FN3O4. The fourth-order valence-electron chi connectivity index (χ4n) is 2.52. The number of benzene rings is 2. The number of carbonyl (C=O) groups excluding carboxylic acids is 2. The zero-order valence-corrected chi connectivity index (χ0v) is 14.1. The van der Waals surface area contributed by atoms with Crippen LogP contribution >= 0.6 is 0 Å². The average Bonchev–Trinajstić information content (AvgIpc) is 3.04. The van der Waals surface area contributed by atoms with E-state index in [9.17, 15) is 14.0 Å². The standard InChI is InChI=1S/C18H18FN3O4/c1-22(9-12-4-2-3-5-14(12)19)10-17(23)21-18(24)20-13-6-7-15-16(8-13)26-11-25-15/h2-8H,9-11H2,1H3,(H2,20,21,23,24). The van der Waals surface area contributed by atoms with Crippen LogP contribution in [0.1, 0.15) is 5.56 Å². The number of urea groups is 1. The number of amides is 3. The predicted molar refractivity (Wildman–Crippen MR) is 92.5 cm³/mol. The molecule has 1 heterocycles. The molecule has 1 aliphatic heterocycles. The molecule has 3 rings (SSSR count). The first-order chi connectivity index (χ1) is 12.5. The van der Waals surface area contributed by atoms with Gasteiger partial charge in [-0.3, -0.25) is 15.0 Å². The third kappa shape index (κ3) is 4.48. The monoisotopic (exact) mass is 359 g/mol. The fourth-order valence-corrected chi connectivity index (χ4v) is 2.52. The zero-order chi connectivity index (χ0) is 18.5. The van der Waals surface area contributed by atoms with Gasteiger partial charge < -0.3 is 14.8 Å². The van der Waals surface area contributed by atoms with Crippen molar-refractivity contribution >= 4 is 17.6 Å². The van der Waals surface area contributed by atoms with Crippen molar-refractivity contribution in [2.24, 2.45) is 0 Å². The highest BCUT2D eigenvalue weighted by molar-refractivity contribution is 6.01. The first-order valence-electron chi connectivity index (χ1n) is 7.93.